The molecular formula is C32H39NO6. The number of hydrogen-bond acceptors (Lipinski definition) is 5. The van der Waals surface area contributed by atoms with Gasteiger partial charge in [0.25, 0.3) is 5.91 Å². The molecule has 1 unspecified atom stereocenters. The van der Waals surface area contributed by atoms with Gasteiger partial charge in [0.2, 0.25) is 0 Å². The normalized spacial score (nSPS) is 11.6. The molecule has 0 aromatic heterocycles. The zero-order valence-corrected chi connectivity index (χ0v) is 22.9. The lowest BCUT2D eigenvalue weighted by Crippen LogP contribution is -2.28. The van der Waals surface area contributed by atoms with Gasteiger partial charge in [-0.15, -0.1) is 0 Å². The number of carboxylic acid groups (broad SMARTS) is 1. The van der Waals surface area contributed by atoms with Crippen LogP contribution in [0.25, 0.3) is 11.1 Å². The van der Waals surface area contributed by atoms with Gasteiger partial charge in [0, 0.05) is 12.2 Å². The number of rotatable bonds is 17. The van der Waals surface area contributed by atoms with Crippen LogP contribution in [-0.2, 0) is 27.3 Å². The van der Waals surface area contributed by atoms with Gasteiger partial charge in [-0.25, -0.2) is 0 Å². The highest BCUT2D eigenvalue weighted by Crippen LogP contribution is 2.22. The number of aliphatic carboxylic acids is 1. The molecular weight excluding hydrogens is 494 g/mol. The fourth-order valence-corrected chi connectivity index (χ4v) is 4.16. The Labute approximate surface area is 231 Å². The molecule has 0 aliphatic rings. The van der Waals surface area contributed by atoms with Crippen molar-refractivity contribution < 1.29 is 28.9 Å². The molecule has 0 spiro atoms. The van der Waals surface area contributed by atoms with Gasteiger partial charge in [-0.05, 0) is 72.4 Å². The number of benzene rings is 3. The summed E-state index contributed by atoms with van der Waals surface area (Å²) in [6.07, 6.45) is 3.09. The van der Waals surface area contributed by atoms with Crippen LogP contribution in [0.2, 0.25) is 0 Å². The standard InChI is InChI=1S/C32H39NO6/c1-3-5-8-29(32(35)36)20-24-10-16-30(17-11-24)39-19-18-33-31(34)27-14-12-26(13-15-27)28-9-6-7-25(21-28)22-38-23-37-4-2/h6-7,9-17,21,29H,3-5,8,18-20,22-23H2,1-2H3,(H,33,34)(H,35,36). The van der Waals surface area contributed by atoms with E-state index in [9.17, 15) is 14.7 Å². The summed E-state index contributed by atoms with van der Waals surface area (Å²) >= 11 is 0. The second-order valence-corrected chi connectivity index (χ2v) is 9.37. The number of carbonyl (C=O) groups is 2. The van der Waals surface area contributed by atoms with E-state index in [0.717, 1.165) is 35.1 Å². The van der Waals surface area contributed by atoms with E-state index in [4.69, 9.17) is 14.2 Å². The van der Waals surface area contributed by atoms with Gasteiger partial charge in [0.1, 0.15) is 19.1 Å². The highest BCUT2D eigenvalue weighted by Gasteiger charge is 2.17. The van der Waals surface area contributed by atoms with Gasteiger partial charge < -0.3 is 24.6 Å². The van der Waals surface area contributed by atoms with Crippen molar-refractivity contribution in [2.75, 3.05) is 26.6 Å². The van der Waals surface area contributed by atoms with E-state index in [0.29, 0.717) is 50.5 Å². The molecule has 208 valence electrons. The van der Waals surface area contributed by atoms with Gasteiger partial charge in [-0.2, -0.15) is 0 Å². The quantitative estimate of drug-likeness (QED) is 0.161. The number of carbonyl (C=O) groups excluding carboxylic acids is 1. The van der Waals surface area contributed by atoms with Crippen LogP contribution in [0.5, 0.6) is 5.75 Å². The van der Waals surface area contributed by atoms with Crippen LogP contribution in [0.3, 0.4) is 0 Å². The second kappa shape index (κ2) is 16.3. The summed E-state index contributed by atoms with van der Waals surface area (Å²) in [5, 5.41) is 12.3. The molecule has 7 nitrogen and oxygen atoms in total. The van der Waals surface area contributed by atoms with E-state index in [1.165, 1.54) is 0 Å². The number of hydrogen-bond donors (Lipinski definition) is 2. The van der Waals surface area contributed by atoms with E-state index >= 15 is 0 Å². The molecule has 39 heavy (non-hydrogen) atoms. The Bertz CT molecular complexity index is 1160. The summed E-state index contributed by atoms with van der Waals surface area (Å²) in [7, 11) is 0. The third kappa shape index (κ3) is 10.2. The van der Waals surface area contributed by atoms with E-state index in [-0.39, 0.29) is 18.6 Å². The molecule has 0 bridgehead atoms. The molecule has 0 heterocycles. The minimum Gasteiger partial charge on any atom is -0.492 e. The van der Waals surface area contributed by atoms with Crippen molar-refractivity contribution >= 4 is 11.9 Å². The van der Waals surface area contributed by atoms with Crippen LogP contribution in [0.1, 0.15) is 54.6 Å². The maximum absolute atomic E-state index is 12.6. The first kappa shape index (κ1) is 29.9. The van der Waals surface area contributed by atoms with Crippen molar-refractivity contribution in [2.45, 2.75) is 46.1 Å². The first-order valence-electron chi connectivity index (χ1n) is 13.6. The summed E-state index contributed by atoms with van der Waals surface area (Å²) in [5.74, 6) is -0.590. The lowest BCUT2D eigenvalue weighted by atomic mass is 9.94. The minimum atomic E-state index is -0.748. The number of carboxylic acids is 1. The summed E-state index contributed by atoms with van der Waals surface area (Å²) in [6.45, 7) is 6.06. The van der Waals surface area contributed by atoms with Crippen molar-refractivity contribution in [3.05, 3.63) is 89.5 Å². The number of amides is 1. The number of unbranched alkanes of at least 4 members (excludes halogenated alkanes) is 1. The Balaban J connectivity index is 1.43. The molecule has 0 fully saturated rings. The fraction of sp³-hybridized carbons (Fsp3) is 0.375. The van der Waals surface area contributed by atoms with Crippen molar-refractivity contribution in [1.29, 1.82) is 0 Å². The molecule has 1 amide bonds. The molecule has 3 rings (SSSR count). The molecule has 3 aromatic carbocycles. The van der Waals surface area contributed by atoms with E-state index in [1.807, 2.05) is 73.7 Å². The highest BCUT2D eigenvalue weighted by molar-refractivity contribution is 5.94. The molecule has 3 aromatic rings. The summed E-state index contributed by atoms with van der Waals surface area (Å²) < 4.78 is 16.5. The largest absolute Gasteiger partial charge is 0.492 e. The average molecular weight is 534 g/mol. The molecule has 0 radical (unpaired) electrons. The number of nitrogens with one attached hydrogen (secondary N) is 1. The van der Waals surface area contributed by atoms with E-state index < -0.39 is 5.97 Å². The van der Waals surface area contributed by atoms with Gasteiger partial charge in [-0.3, -0.25) is 9.59 Å². The predicted molar refractivity (Wildman–Crippen MR) is 152 cm³/mol. The predicted octanol–water partition coefficient (Wildman–Crippen LogP) is 6.11. The average Bonchev–Trinajstić information content (AvgIpc) is 2.96. The minimum absolute atomic E-state index is 0.162. The Morgan fingerprint density at radius 3 is 2.36 bits per heavy atom. The molecule has 2 N–H and O–H groups in total. The monoisotopic (exact) mass is 533 g/mol. The van der Waals surface area contributed by atoms with Crippen molar-refractivity contribution in [3.8, 4) is 16.9 Å². The Morgan fingerprint density at radius 1 is 0.897 bits per heavy atom. The molecule has 0 saturated carbocycles. The SMILES string of the molecule is CCCCC(Cc1ccc(OCCNC(=O)c2ccc(-c3cccc(COCOCC)c3)cc2)cc1)C(=O)O. The van der Waals surface area contributed by atoms with Gasteiger partial charge in [-0.1, -0.05) is 62.2 Å². The zero-order valence-electron chi connectivity index (χ0n) is 22.9. The maximum Gasteiger partial charge on any atom is 0.306 e. The van der Waals surface area contributed by atoms with Crippen molar-refractivity contribution in [2.24, 2.45) is 5.92 Å². The first-order valence-corrected chi connectivity index (χ1v) is 13.6. The van der Waals surface area contributed by atoms with Gasteiger partial charge in [0.05, 0.1) is 19.1 Å². The van der Waals surface area contributed by atoms with Crippen LogP contribution >= 0.6 is 0 Å². The van der Waals surface area contributed by atoms with Crippen LogP contribution in [0, 0.1) is 5.92 Å². The molecule has 1 atom stereocenters. The first-order chi connectivity index (χ1) is 19.0. The Hall–Kier alpha value is -3.68. The fourth-order valence-electron chi connectivity index (χ4n) is 4.16. The van der Waals surface area contributed by atoms with Crippen LogP contribution in [0.15, 0.2) is 72.8 Å². The highest BCUT2D eigenvalue weighted by atomic mass is 16.7. The smallest absolute Gasteiger partial charge is 0.306 e. The Morgan fingerprint density at radius 2 is 1.67 bits per heavy atom. The maximum atomic E-state index is 12.6. The van der Waals surface area contributed by atoms with Crippen LogP contribution < -0.4 is 10.1 Å². The lowest BCUT2D eigenvalue weighted by Gasteiger charge is -2.13. The van der Waals surface area contributed by atoms with Crippen molar-refractivity contribution in [1.82, 2.24) is 5.32 Å². The van der Waals surface area contributed by atoms with Crippen molar-refractivity contribution in [3.63, 3.8) is 0 Å². The second-order valence-electron chi connectivity index (χ2n) is 9.37. The lowest BCUT2D eigenvalue weighted by molar-refractivity contribution is -0.142. The topological polar surface area (TPSA) is 94.1 Å². The van der Waals surface area contributed by atoms with Crippen LogP contribution in [-0.4, -0.2) is 43.5 Å². The molecule has 7 heteroatoms. The molecule has 0 saturated heterocycles. The summed E-state index contributed by atoms with van der Waals surface area (Å²) in [6, 6.07) is 23.1. The Kier molecular flexibility index (Phi) is 12.5. The number of ether oxygens (including phenoxy) is 3. The van der Waals surface area contributed by atoms with Gasteiger partial charge >= 0.3 is 5.97 Å². The summed E-state index contributed by atoms with van der Waals surface area (Å²) in [5.41, 5.74) is 4.68. The molecule has 0 aliphatic carbocycles. The molecule has 0 aliphatic heterocycles. The van der Waals surface area contributed by atoms with E-state index in [1.54, 1.807) is 0 Å². The third-order valence-corrected chi connectivity index (χ3v) is 6.36. The van der Waals surface area contributed by atoms with Crippen LogP contribution in [0.4, 0.5) is 0 Å². The van der Waals surface area contributed by atoms with Gasteiger partial charge in [0.15, 0.2) is 0 Å². The summed E-state index contributed by atoms with van der Waals surface area (Å²) in [4.78, 5) is 24.0. The van der Waals surface area contributed by atoms with E-state index in [2.05, 4.69) is 18.3 Å². The zero-order chi connectivity index (χ0) is 27.9. The third-order valence-electron chi connectivity index (χ3n) is 6.36.